The first-order valence-electron chi connectivity index (χ1n) is 4.01. The second-order valence-electron chi connectivity index (χ2n) is 3.27. The lowest BCUT2D eigenvalue weighted by molar-refractivity contribution is -0.158. The van der Waals surface area contributed by atoms with Gasteiger partial charge in [-0.1, -0.05) is 0 Å². The number of hydrogen-bond acceptors (Lipinski definition) is 4. The first-order valence-corrected chi connectivity index (χ1v) is 4.01. The van der Waals surface area contributed by atoms with Crippen molar-refractivity contribution in [3.63, 3.8) is 0 Å². The number of nitrogens with one attached hydrogen (secondary N) is 4. The minimum Gasteiger partial charge on any atom is -0.478 e. The maximum atomic E-state index is 11.0. The number of rotatable bonds is 2. The van der Waals surface area contributed by atoms with Gasteiger partial charge in [-0.15, -0.1) is 0 Å². The van der Waals surface area contributed by atoms with Gasteiger partial charge in [0.2, 0.25) is 0 Å². The Morgan fingerprint density at radius 3 is 1.25 bits per heavy atom. The van der Waals surface area contributed by atoms with E-state index in [1.807, 2.05) is 21.3 Å². The van der Waals surface area contributed by atoms with Crippen molar-refractivity contribution in [1.82, 2.24) is 21.3 Å². The summed E-state index contributed by atoms with van der Waals surface area (Å²) in [7, 11) is 0. The fraction of sp³-hybridized carbons (Fsp3) is 0.333. The van der Waals surface area contributed by atoms with E-state index in [-0.39, 0.29) is 0 Å². The van der Waals surface area contributed by atoms with Gasteiger partial charge in [0.1, 0.15) is 0 Å². The number of urea groups is 2. The first-order chi connectivity index (χ1) is 7.34. The number of carbonyl (C=O) groups excluding carboxylic acids is 2. The predicted octanol–water partition coefficient (Wildman–Crippen LogP) is -2.83. The third-order valence-corrected chi connectivity index (χ3v) is 2.41. The van der Waals surface area contributed by atoms with Crippen molar-refractivity contribution in [2.24, 2.45) is 0 Å². The molecule has 86 valence electrons. The molecule has 4 amide bonds. The highest BCUT2D eigenvalue weighted by Gasteiger charge is 2.74. The fourth-order valence-corrected chi connectivity index (χ4v) is 1.72. The molecule has 6 N–H and O–H groups in total. The summed E-state index contributed by atoms with van der Waals surface area (Å²) in [4.78, 5) is 44.2. The van der Waals surface area contributed by atoms with Crippen LogP contribution in [0.3, 0.4) is 0 Å². The smallest absolute Gasteiger partial charge is 0.356 e. The number of amides is 4. The highest BCUT2D eigenvalue weighted by Crippen LogP contribution is 2.27. The molecule has 0 unspecified atom stereocenters. The van der Waals surface area contributed by atoms with E-state index in [2.05, 4.69) is 0 Å². The van der Waals surface area contributed by atoms with Gasteiger partial charge in [0.05, 0.1) is 0 Å². The summed E-state index contributed by atoms with van der Waals surface area (Å²) in [5.41, 5.74) is -4.88. The molecular weight excluding hydrogens is 224 g/mol. The van der Waals surface area contributed by atoms with Crippen molar-refractivity contribution in [2.75, 3.05) is 0 Å². The Morgan fingerprint density at radius 2 is 1.06 bits per heavy atom. The maximum Gasteiger partial charge on any atom is 0.356 e. The number of carboxylic acid groups (broad SMARTS) is 2. The molecule has 0 aromatic heterocycles. The van der Waals surface area contributed by atoms with Crippen LogP contribution < -0.4 is 21.3 Å². The van der Waals surface area contributed by atoms with Crippen LogP contribution in [0.2, 0.25) is 0 Å². The van der Waals surface area contributed by atoms with Crippen LogP contribution in [0.4, 0.5) is 9.59 Å². The van der Waals surface area contributed by atoms with Gasteiger partial charge in [-0.2, -0.15) is 0 Å². The first kappa shape index (κ1) is 10.0. The molecule has 0 spiro atoms. The fourth-order valence-electron chi connectivity index (χ4n) is 1.72. The Morgan fingerprint density at radius 1 is 0.812 bits per heavy atom. The average Bonchev–Trinajstić information content (AvgIpc) is 2.53. The molecule has 0 aliphatic carbocycles. The topological polar surface area (TPSA) is 157 Å². The summed E-state index contributed by atoms with van der Waals surface area (Å²) < 4.78 is 0. The summed E-state index contributed by atoms with van der Waals surface area (Å²) in [5.74, 6) is -3.40. The van der Waals surface area contributed by atoms with Gasteiger partial charge in [-0.25, -0.2) is 19.2 Å². The molecular formula is C6H6N4O6. The minimum absolute atomic E-state index is 1.02. The van der Waals surface area contributed by atoms with Gasteiger partial charge < -0.3 is 31.5 Å². The van der Waals surface area contributed by atoms with E-state index in [0.717, 1.165) is 0 Å². The zero-order valence-electron chi connectivity index (χ0n) is 7.53. The molecule has 2 fully saturated rings. The summed E-state index contributed by atoms with van der Waals surface area (Å²) in [6.45, 7) is 0. The van der Waals surface area contributed by atoms with Gasteiger partial charge in [-0.05, 0) is 0 Å². The highest BCUT2D eigenvalue weighted by molar-refractivity contribution is 6.08. The van der Waals surface area contributed by atoms with Crippen molar-refractivity contribution in [1.29, 1.82) is 0 Å². The summed E-state index contributed by atoms with van der Waals surface area (Å²) in [5, 5.41) is 25.3. The Labute approximate surface area is 87.0 Å². The lowest BCUT2D eigenvalue weighted by atomic mass is 9.96. The molecule has 2 rings (SSSR count). The zero-order valence-corrected chi connectivity index (χ0v) is 7.53. The van der Waals surface area contributed by atoms with Crippen molar-refractivity contribution in [2.45, 2.75) is 11.3 Å². The molecule has 0 aromatic rings. The molecule has 2 heterocycles. The zero-order chi connectivity index (χ0) is 12.1. The summed E-state index contributed by atoms with van der Waals surface area (Å²) >= 11 is 0. The van der Waals surface area contributed by atoms with Crippen LogP contribution in [0.15, 0.2) is 0 Å². The molecule has 2 aliphatic heterocycles. The van der Waals surface area contributed by atoms with Gasteiger partial charge in [0.15, 0.2) is 0 Å². The van der Waals surface area contributed by atoms with Crippen LogP contribution in [0.1, 0.15) is 0 Å². The Hall–Kier alpha value is -2.52. The lowest BCUT2D eigenvalue weighted by Crippen LogP contribution is -2.73. The number of carboxylic acids is 2. The van der Waals surface area contributed by atoms with Gasteiger partial charge >= 0.3 is 24.0 Å². The molecule has 10 heteroatoms. The standard InChI is InChI=1S/C6H6N4O6/c11-1(12)5-6(2(13)14,9-3(15)7-5)10-4(16)8-5/h(H,11,12)(H,13,14)(H2,7,9,15)(H2,8,10,16)/t5-,6+. The van der Waals surface area contributed by atoms with Gasteiger partial charge in [0, 0.05) is 0 Å². The summed E-state index contributed by atoms with van der Waals surface area (Å²) in [6.07, 6.45) is 0. The number of fused-ring (bicyclic) bond motifs is 1. The molecule has 2 saturated heterocycles. The van der Waals surface area contributed by atoms with Gasteiger partial charge in [0.25, 0.3) is 11.3 Å². The predicted molar refractivity (Wildman–Crippen MR) is 44.1 cm³/mol. The van der Waals surface area contributed by atoms with Crippen LogP contribution in [-0.4, -0.2) is 45.5 Å². The van der Waals surface area contributed by atoms with E-state index < -0.39 is 35.3 Å². The van der Waals surface area contributed by atoms with Crippen molar-refractivity contribution >= 4 is 24.0 Å². The highest BCUT2D eigenvalue weighted by atomic mass is 16.4. The SMILES string of the molecule is O=C1N[C@]2(C(=O)O)NC(=O)N[C@]2(C(=O)O)N1. The molecule has 10 nitrogen and oxygen atoms in total. The van der Waals surface area contributed by atoms with E-state index in [1.165, 1.54) is 0 Å². The third-order valence-electron chi connectivity index (χ3n) is 2.41. The molecule has 2 aliphatic rings. The number of carbonyl (C=O) groups is 4. The van der Waals surface area contributed by atoms with E-state index >= 15 is 0 Å². The molecule has 0 atom stereocenters. The monoisotopic (exact) mass is 230 g/mol. The quantitative estimate of drug-likeness (QED) is 0.300. The number of aliphatic carboxylic acids is 2. The van der Waals surface area contributed by atoms with Crippen molar-refractivity contribution in [3.8, 4) is 0 Å². The molecule has 0 aromatic carbocycles. The van der Waals surface area contributed by atoms with Crippen LogP contribution in [-0.2, 0) is 9.59 Å². The normalized spacial score (nSPS) is 35.5. The van der Waals surface area contributed by atoms with E-state index in [0.29, 0.717) is 0 Å². The van der Waals surface area contributed by atoms with Crippen molar-refractivity contribution < 1.29 is 29.4 Å². The second kappa shape index (κ2) is 2.53. The Kier molecular flexibility index (Phi) is 1.59. The molecule has 0 bridgehead atoms. The van der Waals surface area contributed by atoms with Crippen LogP contribution in [0.5, 0.6) is 0 Å². The van der Waals surface area contributed by atoms with E-state index in [9.17, 15) is 19.2 Å². The second-order valence-corrected chi connectivity index (χ2v) is 3.27. The third kappa shape index (κ3) is 0.852. The maximum absolute atomic E-state index is 11.0. The lowest BCUT2D eigenvalue weighted by Gasteiger charge is -2.28. The summed E-state index contributed by atoms with van der Waals surface area (Å²) in [6, 6.07) is -2.03. The van der Waals surface area contributed by atoms with Crippen LogP contribution in [0, 0.1) is 0 Å². The minimum atomic E-state index is -2.44. The van der Waals surface area contributed by atoms with Crippen LogP contribution in [0.25, 0.3) is 0 Å². The largest absolute Gasteiger partial charge is 0.478 e. The van der Waals surface area contributed by atoms with Crippen LogP contribution >= 0.6 is 0 Å². The number of hydrogen-bond donors (Lipinski definition) is 6. The van der Waals surface area contributed by atoms with E-state index in [1.54, 1.807) is 0 Å². The molecule has 0 radical (unpaired) electrons. The van der Waals surface area contributed by atoms with Crippen molar-refractivity contribution in [3.05, 3.63) is 0 Å². The molecule has 16 heavy (non-hydrogen) atoms. The van der Waals surface area contributed by atoms with E-state index in [4.69, 9.17) is 10.2 Å². The Balaban J connectivity index is 2.61. The molecule has 0 saturated carbocycles. The Bertz CT molecular complexity index is 375. The van der Waals surface area contributed by atoms with Gasteiger partial charge in [-0.3, -0.25) is 0 Å². The average molecular weight is 230 g/mol.